The van der Waals surface area contributed by atoms with Gasteiger partial charge in [0.2, 0.25) is 6.43 Å². The second-order valence-electron chi connectivity index (χ2n) is 3.31. The fraction of sp³-hybridized carbons (Fsp3) is 0.444. The average molecular weight is 198 g/mol. The van der Waals surface area contributed by atoms with Crippen molar-refractivity contribution in [3.63, 3.8) is 0 Å². The lowest BCUT2D eigenvalue weighted by molar-refractivity contribution is 0.0591. The van der Waals surface area contributed by atoms with E-state index in [1.54, 1.807) is 0 Å². The summed E-state index contributed by atoms with van der Waals surface area (Å²) >= 11 is 0. The lowest BCUT2D eigenvalue weighted by atomic mass is 9.87. The summed E-state index contributed by atoms with van der Waals surface area (Å²) in [5.74, 6) is -1.16. The lowest BCUT2D eigenvalue weighted by Crippen LogP contribution is -2.26. The molecule has 1 aliphatic carbocycles. The van der Waals surface area contributed by atoms with Gasteiger partial charge in [0.15, 0.2) is 5.78 Å². The lowest BCUT2D eigenvalue weighted by Gasteiger charge is -2.21. The van der Waals surface area contributed by atoms with Gasteiger partial charge in [0.1, 0.15) is 6.33 Å². The van der Waals surface area contributed by atoms with Crippen molar-refractivity contribution < 1.29 is 13.6 Å². The number of halogens is 2. The van der Waals surface area contributed by atoms with E-state index >= 15 is 0 Å². The molecule has 0 saturated carbocycles. The fourth-order valence-corrected chi connectivity index (χ4v) is 1.60. The quantitative estimate of drug-likeness (QED) is 0.686. The summed E-state index contributed by atoms with van der Waals surface area (Å²) in [6, 6.07) is 0. The van der Waals surface area contributed by atoms with Crippen molar-refractivity contribution in [3.05, 3.63) is 23.8 Å². The number of hydrogen-bond acceptors (Lipinski definition) is 3. The molecule has 0 amide bonds. The van der Waals surface area contributed by atoms with Gasteiger partial charge in [-0.25, -0.2) is 18.7 Å². The van der Waals surface area contributed by atoms with Gasteiger partial charge in [0.25, 0.3) is 0 Å². The molecule has 74 valence electrons. The molecule has 0 aromatic carbocycles. The van der Waals surface area contributed by atoms with Crippen LogP contribution in [0.2, 0.25) is 0 Å². The van der Waals surface area contributed by atoms with Crippen LogP contribution in [0, 0.1) is 5.92 Å². The first-order valence-electron chi connectivity index (χ1n) is 4.28. The maximum absolute atomic E-state index is 12.4. The SMILES string of the molecule is O=C1CC(C(F)F)Cc2ncncc21. The summed E-state index contributed by atoms with van der Waals surface area (Å²) < 4.78 is 24.8. The Balaban J connectivity index is 2.33. The number of carbonyl (C=O) groups excluding carboxylic acids is 1. The molecule has 14 heavy (non-hydrogen) atoms. The molecule has 0 fully saturated rings. The van der Waals surface area contributed by atoms with Crippen LogP contribution >= 0.6 is 0 Å². The first-order chi connectivity index (χ1) is 6.68. The van der Waals surface area contributed by atoms with Gasteiger partial charge in [0.05, 0.1) is 11.3 Å². The van der Waals surface area contributed by atoms with Gasteiger partial charge in [0, 0.05) is 18.5 Å². The van der Waals surface area contributed by atoms with Crippen LogP contribution in [0.25, 0.3) is 0 Å². The maximum atomic E-state index is 12.4. The topological polar surface area (TPSA) is 42.9 Å². The first-order valence-corrected chi connectivity index (χ1v) is 4.28. The maximum Gasteiger partial charge on any atom is 0.242 e. The molecule has 0 radical (unpaired) electrons. The fourth-order valence-electron chi connectivity index (χ4n) is 1.60. The molecular formula is C9H8F2N2O. The van der Waals surface area contributed by atoms with Crippen LogP contribution in [-0.4, -0.2) is 22.2 Å². The zero-order chi connectivity index (χ0) is 10.1. The summed E-state index contributed by atoms with van der Waals surface area (Å²) in [5, 5.41) is 0. The van der Waals surface area contributed by atoms with Crippen molar-refractivity contribution in [2.45, 2.75) is 19.3 Å². The number of Topliss-reactive ketones (excluding diaryl/α,β-unsaturated/α-hetero) is 1. The second kappa shape index (κ2) is 3.40. The van der Waals surface area contributed by atoms with E-state index in [4.69, 9.17) is 0 Å². The highest BCUT2D eigenvalue weighted by Gasteiger charge is 2.31. The smallest absolute Gasteiger partial charge is 0.242 e. The van der Waals surface area contributed by atoms with Crippen molar-refractivity contribution in [1.29, 1.82) is 0 Å². The van der Waals surface area contributed by atoms with Crippen LogP contribution < -0.4 is 0 Å². The molecule has 1 aliphatic rings. The Hall–Kier alpha value is -1.39. The van der Waals surface area contributed by atoms with E-state index < -0.39 is 12.3 Å². The van der Waals surface area contributed by atoms with Crippen molar-refractivity contribution in [2.75, 3.05) is 0 Å². The van der Waals surface area contributed by atoms with Gasteiger partial charge >= 0.3 is 0 Å². The predicted molar refractivity (Wildman–Crippen MR) is 44.2 cm³/mol. The predicted octanol–water partition coefficient (Wildman–Crippen LogP) is 1.49. The van der Waals surface area contributed by atoms with Crippen molar-refractivity contribution in [1.82, 2.24) is 9.97 Å². The highest BCUT2D eigenvalue weighted by Crippen LogP contribution is 2.27. The number of nitrogens with zero attached hydrogens (tertiary/aromatic N) is 2. The van der Waals surface area contributed by atoms with Crippen LogP contribution in [0.15, 0.2) is 12.5 Å². The van der Waals surface area contributed by atoms with E-state index in [9.17, 15) is 13.6 Å². The first kappa shape index (κ1) is 9.18. The van der Waals surface area contributed by atoms with Crippen LogP contribution in [0.1, 0.15) is 22.5 Å². The van der Waals surface area contributed by atoms with Gasteiger partial charge in [-0.15, -0.1) is 0 Å². The van der Waals surface area contributed by atoms with Crippen LogP contribution in [0.4, 0.5) is 8.78 Å². The monoisotopic (exact) mass is 198 g/mol. The summed E-state index contributed by atoms with van der Waals surface area (Å²) in [5.41, 5.74) is 0.839. The van der Waals surface area contributed by atoms with Crippen LogP contribution in [0.3, 0.4) is 0 Å². The highest BCUT2D eigenvalue weighted by atomic mass is 19.3. The number of rotatable bonds is 1. The molecule has 1 aromatic rings. The van der Waals surface area contributed by atoms with Gasteiger partial charge in [-0.05, 0) is 6.42 Å². The third kappa shape index (κ3) is 1.49. The Kier molecular flexibility index (Phi) is 2.23. The molecule has 0 aliphatic heterocycles. The van der Waals surface area contributed by atoms with E-state index in [2.05, 4.69) is 9.97 Å². The van der Waals surface area contributed by atoms with E-state index in [-0.39, 0.29) is 18.6 Å². The van der Waals surface area contributed by atoms with Crippen LogP contribution in [-0.2, 0) is 6.42 Å². The number of carbonyl (C=O) groups is 1. The van der Waals surface area contributed by atoms with Crippen molar-refractivity contribution >= 4 is 5.78 Å². The zero-order valence-corrected chi connectivity index (χ0v) is 7.28. The molecule has 0 spiro atoms. The zero-order valence-electron chi connectivity index (χ0n) is 7.28. The third-order valence-electron chi connectivity index (χ3n) is 2.35. The highest BCUT2D eigenvalue weighted by molar-refractivity contribution is 5.97. The molecule has 5 heteroatoms. The number of ketones is 1. The van der Waals surface area contributed by atoms with Gasteiger partial charge in [-0.2, -0.15) is 0 Å². The average Bonchev–Trinajstić information content (AvgIpc) is 2.17. The van der Waals surface area contributed by atoms with Crippen molar-refractivity contribution in [2.24, 2.45) is 5.92 Å². The molecule has 1 heterocycles. The molecule has 1 unspecified atom stereocenters. The van der Waals surface area contributed by atoms with Gasteiger partial charge in [-0.1, -0.05) is 0 Å². The largest absolute Gasteiger partial charge is 0.294 e. The Morgan fingerprint density at radius 3 is 2.93 bits per heavy atom. The molecule has 1 atom stereocenters. The minimum Gasteiger partial charge on any atom is -0.294 e. The molecular weight excluding hydrogens is 190 g/mol. The van der Waals surface area contributed by atoms with E-state index in [0.717, 1.165) is 0 Å². The van der Waals surface area contributed by atoms with E-state index in [1.165, 1.54) is 12.5 Å². The molecule has 0 N–H and O–H groups in total. The molecule has 0 saturated heterocycles. The van der Waals surface area contributed by atoms with E-state index in [1.807, 2.05) is 0 Å². The summed E-state index contributed by atoms with van der Waals surface area (Å²) in [6.45, 7) is 0. The minimum atomic E-state index is -2.46. The number of fused-ring (bicyclic) bond motifs is 1. The summed E-state index contributed by atoms with van der Waals surface area (Å²) in [7, 11) is 0. The Morgan fingerprint density at radius 1 is 1.43 bits per heavy atom. The van der Waals surface area contributed by atoms with Crippen LogP contribution in [0.5, 0.6) is 0 Å². The summed E-state index contributed by atoms with van der Waals surface area (Å²) in [6.07, 6.45) is 0.285. The molecule has 3 nitrogen and oxygen atoms in total. The van der Waals surface area contributed by atoms with Crippen molar-refractivity contribution in [3.8, 4) is 0 Å². The normalized spacial score (nSPS) is 21.1. The van der Waals surface area contributed by atoms with Gasteiger partial charge < -0.3 is 0 Å². The van der Waals surface area contributed by atoms with Gasteiger partial charge in [-0.3, -0.25) is 4.79 Å². The second-order valence-corrected chi connectivity index (χ2v) is 3.31. The standard InChI is InChI=1S/C9H8F2N2O/c10-9(11)5-1-7-6(8(14)2-5)3-12-4-13-7/h3-5,9H,1-2H2. The molecule has 0 bridgehead atoms. The molecule has 1 aromatic heterocycles. The Bertz CT molecular complexity index is 368. The third-order valence-corrected chi connectivity index (χ3v) is 2.35. The minimum absolute atomic E-state index is 0.0992. The Labute approximate surface area is 79.2 Å². The summed E-state index contributed by atoms with van der Waals surface area (Å²) in [4.78, 5) is 18.9. The molecule has 2 rings (SSSR count). The van der Waals surface area contributed by atoms with E-state index in [0.29, 0.717) is 11.3 Å². The number of alkyl halides is 2. The number of hydrogen-bond donors (Lipinski definition) is 0. The Morgan fingerprint density at radius 2 is 2.21 bits per heavy atom. The number of aromatic nitrogens is 2.